The van der Waals surface area contributed by atoms with Crippen molar-refractivity contribution in [2.75, 3.05) is 19.7 Å². The molecule has 0 atom stereocenters. The van der Waals surface area contributed by atoms with Gasteiger partial charge in [-0.25, -0.2) is 4.79 Å². The molecular weight excluding hydrogens is 434 g/mol. The van der Waals surface area contributed by atoms with Crippen molar-refractivity contribution in [1.29, 1.82) is 0 Å². The summed E-state index contributed by atoms with van der Waals surface area (Å²) in [6.07, 6.45) is 18.7. The van der Waals surface area contributed by atoms with Gasteiger partial charge in [-0.2, -0.15) is 0 Å². The molecular formula is C31H51NO3. The lowest BCUT2D eigenvalue weighted by molar-refractivity contribution is -0.137. The predicted molar refractivity (Wildman–Crippen MR) is 150 cm³/mol. The molecule has 35 heavy (non-hydrogen) atoms. The maximum Gasteiger partial charge on any atom is 0.330 e. The maximum absolute atomic E-state index is 12.3. The van der Waals surface area contributed by atoms with Gasteiger partial charge in [0.15, 0.2) is 0 Å². The molecule has 0 saturated heterocycles. The van der Waals surface area contributed by atoms with E-state index in [1.54, 1.807) is 6.08 Å². The third-order valence-corrected chi connectivity index (χ3v) is 6.12. The summed E-state index contributed by atoms with van der Waals surface area (Å²) in [6, 6.07) is 0. The van der Waals surface area contributed by atoms with Crippen molar-refractivity contribution in [3.05, 3.63) is 58.2 Å². The minimum absolute atomic E-state index is 0.156. The van der Waals surface area contributed by atoms with Gasteiger partial charge in [0.1, 0.15) is 0 Å². The summed E-state index contributed by atoms with van der Waals surface area (Å²) in [6.45, 7) is 18.3. The number of hydrogen-bond acceptors (Lipinski definition) is 3. The highest BCUT2D eigenvalue weighted by Crippen LogP contribution is 2.15. The second kappa shape index (κ2) is 19.9. The van der Waals surface area contributed by atoms with E-state index >= 15 is 0 Å². The third kappa shape index (κ3) is 16.8. The highest BCUT2D eigenvalue weighted by molar-refractivity contribution is 5.92. The lowest BCUT2D eigenvalue weighted by Crippen LogP contribution is -2.31. The highest BCUT2D eigenvalue weighted by Gasteiger charge is 2.10. The molecule has 0 bridgehead atoms. The Morgan fingerprint density at radius 3 is 1.43 bits per heavy atom. The van der Waals surface area contributed by atoms with Crippen LogP contribution in [0.25, 0.3) is 0 Å². The fourth-order valence-corrected chi connectivity index (χ4v) is 3.77. The SMILES string of the molecule is CCOC(=O)/C=C(\C)CC/C=C(\C)CC/C=C(\C)CC/C=C(\C)CC/C=C(\C)C(=O)N(CC)CC. The third-order valence-electron chi connectivity index (χ3n) is 6.12. The van der Waals surface area contributed by atoms with Crippen LogP contribution in [0.3, 0.4) is 0 Å². The molecule has 0 unspecified atom stereocenters. The number of likely N-dealkylation sites (N-methyl/N-ethyl adjacent to an activating group) is 1. The van der Waals surface area contributed by atoms with Crippen molar-refractivity contribution < 1.29 is 14.3 Å². The van der Waals surface area contributed by atoms with E-state index in [-0.39, 0.29) is 11.9 Å². The number of carbonyl (C=O) groups is 2. The molecule has 0 aliphatic heterocycles. The molecule has 0 radical (unpaired) electrons. The van der Waals surface area contributed by atoms with E-state index in [0.717, 1.165) is 75.6 Å². The zero-order valence-corrected chi connectivity index (χ0v) is 23.8. The Hall–Kier alpha value is -2.36. The minimum atomic E-state index is -0.245. The van der Waals surface area contributed by atoms with E-state index in [2.05, 4.69) is 45.1 Å². The number of amides is 1. The molecule has 0 aliphatic carbocycles. The Balaban J connectivity index is 4.29. The van der Waals surface area contributed by atoms with Crippen LogP contribution in [0.15, 0.2) is 58.2 Å². The maximum atomic E-state index is 12.3. The summed E-state index contributed by atoms with van der Waals surface area (Å²) in [4.78, 5) is 25.6. The molecule has 0 aromatic rings. The normalized spacial score (nSPS) is 13.8. The number of ether oxygens (including phenoxy) is 1. The average Bonchev–Trinajstić information content (AvgIpc) is 2.79. The quantitative estimate of drug-likeness (QED) is 0.118. The molecule has 4 heteroatoms. The monoisotopic (exact) mass is 485 g/mol. The fourth-order valence-electron chi connectivity index (χ4n) is 3.77. The number of rotatable bonds is 17. The van der Waals surface area contributed by atoms with Crippen LogP contribution in [-0.4, -0.2) is 36.5 Å². The number of esters is 1. The first-order chi connectivity index (χ1) is 16.6. The second-order valence-electron chi connectivity index (χ2n) is 9.41. The molecule has 0 aromatic heterocycles. The fraction of sp³-hybridized carbons (Fsp3) is 0.613. The van der Waals surface area contributed by atoms with Gasteiger partial charge in [-0.15, -0.1) is 0 Å². The van der Waals surface area contributed by atoms with Crippen LogP contribution in [0.4, 0.5) is 0 Å². The van der Waals surface area contributed by atoms with Crippen LogP contribution in [0.2, 0.25) is 0 Å². The molecule has 0 aliphatic rings. The van der Waals surface area contributed by atoms with Crippen LogP contribution in [-0.2, 0) is 14.3 Å². The molecule has 0 saturated carbocycles. The van der Waals surface area contributed by atoms with Crippen LogP contribution in [0.5, 0.6) is 0 Å². The first-order valence-electron chi connectivity index (χ1n) is 13.4. The lowest BCUT2D eigenvalue weighted by atomic mass is 10.0. The van der Waals surface area contributed by atoms with Crippen LogP contribution >= 0.6 is 0 Å². The molecule has 0 heterocycles. The predicted octanol–water partition coefficient (Wildman–Crippen LogP) is 8.27. The minimum Gasteiger partial charge on any atom is -0.463 e. The van der Waals surface area contributed by atoms with E-state index in [0.29, 0.717) is 6.61 Å². The van der Waals surface area contributed by atoms with E-state index in [1.165, 1.54) is 16.7 Å². The van der Waals surface area contributed by atoms with E-state index < -0.39 is 0 Å². The van der Waals surface area contributed by atoms with Gasteiger partial charge in [-0.1, -0.05) is 46.6 Å². The van der Waals surface area contributed by atoms with Crippen molar-refractivity contribution in [3.63, 3.8) is 0 Å². The van der Waals surface area contributed by atoms with Crippen molar-refractivity contribution in [2.24, 2.45) is 0 Å². The van der Waals surface area contributed by atoms with Crippen molar-refractivity contribution in [3.8, 4) is 0 Å². The Morgan fingerprint density at radius 2 is 1.03 bits per heavy atom. The zero-order chi connectivity index (χ0) is 26.6. The number of carbonyl (C=O) groups excluding carboxylic acids is 2. The first-order valence-corrected chi connectivity index (χ1v) is 13.4. The summed E-state index contributed by atoms with van der Waals surface area (Å²) in [5, 5.41) is 0. The van der Waals surface area contributed by atoms with Crippen LogP contribution in [0.1, 0.15) is 107 Å². The molecule has 0 aromatic carbocycles. The topological polar surface area (TPSA) is 46.6 Å². The lowest BCUT2D eigenvalue weighted by Gasteiger charge is -2.18. The molecule has 0 rings (SSSR count). The second-order valence-corrected chi connectivity index (χ2v) is 9.41. The number of allylic oxidation sites excluding steroid dienone is 8. The Morgan fingerprint density at radius 1 is 0.629 bits per heavy atom. The summed E-state index contributed by atoms with van der Waals surface area (Å²) >= 11 is 0. The number of nitrogens with zero attached hydrogens (tertiary/aromatic N) is 1. The largest absolute Gasteiger partial charge is 0.463 e. The van der Waals surface area contributed by atoms with Crippen molar-refractivity contribution in [2.45, 2.75) is 107 Å². The van der Waals surface area contributed by atoms with Gasteiger partial charge in [-0.05, 0) is 107 Å². The average molecular weight is 486 g/mol. The summed E-state index contributed by atoms with van der Waals surface area (Å²) in [5.74, 6) is -0.0888. The van der Waals surface area contributed by atoms with E-state index in [4.69, 9.17) is 4.74 Å². The molecule has 4 nitrogen and oxygen atoms in total. The Kier molecular flexibility index (Phi) is 18.6. The molecule has 0 N–H and O–H groups in total. The van der Waals surface area contributed by atoms with Gasteiger partial charge in [0.25, 0.3) is 0 Å². The van der Waals surface area contributed by atoms with E-state index in [1.807, 2.05) is 39.5 Å². The smallest absolute Gasteiger partial charge is 0.330 e. The Bertz CT molecular complexity index is 792. The standard InChI is InChI=1S/C31H51NO3/c1-9-32(10-2)31(34)29(8)23-15-21-27(6)19-13-17-25(4)16-12-18-26(5)20-14-22-28(7)24-30(33)35-11-3/h16,19-20,23-24H,9-15,17-18,21-22H2,1-8H3/b25-16+,26-20+,27-19+,28-24+,29-23+. The van der Waals surface area contributed by atoms with Gasteiger partial charge >= 0.3 is 5.97 Å². The van der Waals surface area contributed by atoms with E-state index in [9.17, 15) is 9.59 Å². The van der Waals surface area contributed by atoms with Gasteiger partial charge in [0, 0.05) is 24.7 Å². The van der Waals surface area contributed by atoms with Crippen molar-refractivity contribution in [1.82, 2.24) is 4.90 Å². The highest BCUT2D eigenvalue weighted by atomic mass is 16.5. The van der Waals surface area contributed by atoms with Gasteiger partial charge in [0.2, 0.25) is 5.91 Å². The molecule has 198 valence electrons. The number of hydrogen-bond donors (Lipinski definition) is 0. The molecule has 0 fully saturated rings. The first kappa shape index (κ1) is 32.6. The van der Waals surface area contributed by atoms with Crippen LogP contribution in [0, 0.1) is 0 Å². The molecule has 0 spiro atoms. The summed E-state index contributed by atoms with van der Waals surface area (Å²) in [7, 11) is 0. The summed E-state index contributed by atoms with van der Waals surface area (Å²) in [5.41, 5.74) is 6.15. The summed E-state index contributed by atoms with van der Waals surface area (Å²) < 4.78 is 4.95. The van der Waals surface area contributed by atoms with Crippen LogP contribution < -0.4 is 0 Å². The Labute approximate surface area is 215 Å². The van der Waals surface area contributed by atoms with Crippen molar-refractivity contribution >= 4 is 11.9 Å². The molecule has 1 amide bonds. The van der Waals surface area contributed by atoms with Gasteiger partial charge in [0.05, 0.1) is 6.61 Å². The van der Waals surface area contributed by atoms with Gasteiger partial charge in [-0.3, -0.25) is 4.79 Å². The van der Waals surface area contributed by atoms with Gasteiger partial charge < -0.3 is 9.64 Å². The zero-order valence-electron chi connectivity index (χ0n) is 23.8.